The summed E-state index contributed by atoms with van der Waals surface area (Å²) in [6.45, 7) is 0. The number of nitrogens with one attached hydrogen (secondary N) is 1. The van der Waals surface area contributed by atoms with Crippen molar-refractivity contribution >= 4 is 0 Å². The van der Waals surface area contributed by atoms with Crippen LogP contribution in [0.1, 0.15) is 0 Å². The maximum absolute atomic E-state index is 10.2. The zero-order chi connectivity index (χ0) is 5.11. The van der Waals surface area contributed by atoms with Gasteiger partial charge < -0.3 is 4.98 Å². The molecule has 1 heterocycles. The van der Waals surface area contributed by atoms with Crippen molar-refractivity contribution in [2.75, 3.05) is 0 Å². The molecule has 0 aliphatic rings. The molecule has 1 N–H and O–H groups in total. The minimum absolute atomic E-state index is 0. The maximum Gasteiger partial charge on any atom is 0.247 e. The Kier molecular flexibility index (Phi) is 3.37. The standard InChI is InChI=1S/C5H5NO.Zn/c7-5-3-1-2-4-6-5;/h1-4H,(H,6,7);. The molecule has 0 bridgehead atoms. The van der Waals surface area contributed by atoms with Gasteiger partial charge in [0.2, 0.25) is 5.56 Å². The average Bonchev–Trinajstić information content (AvgIpc) is 1.69. The van der Waals surface area contributed by atoms with E-state index in [2.05, 4.69) is 4.98 Å². The molecule has 0 radical (unpaired) electrons. The Labute approximate surface area is 59.7 Å². The van der Waals surface area contributed by atoms with Crippen LogP contribution in [-0.2, 0) is 19.5 Å². The van der Waals surface area contributed by atoms with Crippen LogP contribution in [0.3, 0.4) is 0 Å². The summed E-state index contributed by atoms with van der Waals surface area (Å²) >= 11 is 0. The minimum atomic E-state index is -0.0532. The van der Waals surface area contributed by atoms with Gasteiger partial charge in [-0.25, -0.2) is 0 Å². The molecule has 0 saturated carbocycles. The van der Waals surface area contributed by atoms with E-state index in [4.69, 9.17) is 0 Å². The molecule has 0 aliphatic heterocycles. The molecule has 0 unspecified atom stereocenters. The molecule has 8 heavy (non-hydrogen) atoms. The van der Waals surface area contributed by atoms with Crippen molar-refractivity contribution in [3.8, 4) is 0 Å². The monoisotopic (exact) mass is 159 g/mol. The third-order valence-corrected chi connectivity index (χ3v) is 0.681. The van der Waals surface area contributed by atoms with E-state index >= 15 is 0 Å². The molecule has 0 aliphatic carbocycles. The number of aromatic nitrogens is 1. The Bertz CT molecular complexity index is 178. The SMILES string of the molecule is O=c1cccc[nH]1.[Zn]. The Morgan fingerprint density at radius 1 is 1.38 bits per heavy atom. The zero-order valence-electron chi connectivity index (χ0n) is 4.42. The first kappa shape index (κ1) is 7.57. The van der Waals surface area contributed by atoms with Crippen molar-refractivity contribution in [2.45, 2.75) is 0 Å². The van der Waals surface area contributed by atoms with Gasteiger partial charge in [-0.15, -0.1) is 0 Å². The molecule has 38 valence electrons. The summed E-state index contributed by atoms with van der Waals surface area (Å²) in [5, 5.41) is 0. The number of rotatable bonds is 0. The van der Waals surface area contributed by atoms with Crippen molar-refractivity contribution in [2.24, 2.45) is 0 Å². The van der Waals surface area contributed by atoms with E-state index in [1.54, 1.807) is 18.3 Å². The molecule has 0 aromatic carbocycles. The van der Waals surface area contributed by atoms with E-state index in [1.165, 1.54) is 6.07 Å². The molecule has 1 aromatic rings. The van der Waals surface area contributed by atoms with Gasteiger partial charge in [0.1, 0.15) is 0 Å². The summed E-state index contributed by atoms with van der Waals surface area (Å²) in [6.07, 6.45) is 1.60. The molecule has 0 saturated heterocycles. The van der Waals surface area contributed by atoms with Crippen molar-refractivity contribution in [3.63, 3.8) is 0 Å². The fourth-order valence-electron chi connectivity index (χ4n) is 0.377. The topological polar surface area (TPSA) is 32.9 Å². The Hall–Kier alpha value is -0.427. The molecule has 1 aromatic heterocycles. The van der Waals surface area contributed by atoms with Crippen molar-refractivity contribution in [1.82, 2.24) is 4.98 Å². The van der Waals surface area contributed by atoms with E-state index in [0.29, 0.717) is 0 Å². The molecule has 0 spiro atoms. The van der Waals surface area contributed by atoms with Crippen LogP contribution in [0.25, 0.3) is 0 Å². The molecule has 3 heteroatoms. The summed E-state index contributed by atoms with van der Waals surface area (Å²) in [5.74, 6) is 0. The summed E-state index contributed by atoms with van der Waals surface area (Å²) in [5.41, 5.74) is -0.0532. The van der Waals surface area contributed by atoms with Crippen molar-refractivity contribution < 1.29 is 19.5 Å². The third kappa shape index (κ3) is 2.03. The second kappa shape index (κ2) is 3.56. The predicted octanol–water partition coefficient (Wildman–Crippen LogP) is 0.372. The van der Waals surface area contributed by atoms with E-state index in [-0.39, 0.29) is 25.0 Å². The van der Waals surface area contributed by atoms with Crippen molar-refractivity contribution in [3.05, 3.63) is 34.7 Å². The van der Waals surface area contributed by atoms with Crippen LogP contribution in [0.15, 0.2) is 29.2 Å². The molecule has 0 fully saturated rings. The van der Waals surface area contributed by atoms with Gasteiger partial charge in [0, 0.05) is 31.7 Å². The number of H-pyrrole nitrogens is 1. The van der Waals surface area contributed by atoms with Crippen LogP contribution < -0.4 is 5.56 Å². The van der Waals surface area contributed by atoms with E-state index in [9.17, 15) is 4.79 Å². The van der Waals surface area contributed by atoms with Crippen LogP contribution in [0.5, 0.6) is 0 Å². The normalized spacial score (nSPS) is 7.50. The number of aromatic amines is 1. The number of pyridine rings is 1. The third-order valence-electron chi connectivity index (χ3n) is 0.681. The van der Waals surface area contributed by atoms with Gasteiger partial charge in [-0.3, -0.25) is 4.79 Å². The van der Waals surface area contributed by atoms with Crippen LogP contribution in [0, 0.1) is 0 Å². The summed E-state index contributed by atoms with van der Waals surface area (Å²) in [4.78, 5) is 12.7. The van der Waals surface area contributed by atoms with Gasteiger partial charge in [0.15, 0.2) is 0 Å². The number of hydrogen-bond acceptors (Lipinski definition) is 1. The molecule has 2 nitrogen and oxygen atoms in total. The van der Waals surface area contributed by atoms with Crippen molar-refractivity contribution in [1.29, 1.82) is 0 Å². The molecule has 1 rings (SSSR count). The van der Waals surface area contributed by atoms with Crippen LogP contribution >= 0.6 is 0 Å². The average molecular weight is 160 g/mol. The van der Waals surface area contributed by atoms with E-state index in [0.717, 1.165) is 0 Å². The number of hydrogen-bond donors (Lipinski definition) is 1. The second-order valence-electron chi connectivity index (χ2n) is 1.23. The second-order valence-corrected chi connectivity index (χ2v) is 1.23. The summed E-state index contributed by atoms with van der Waals surface area (Å²) in [6, 6.07) is 4.93. The van der Waals surface area contributed by atoms with Gasteiger partial charge in [-0.2, -0.15) is 0 Å². The van der Waals surface area contributed by atoms with Crippen LogP contribution in [0.4, 0.5) is 0 Å². The Balaban J connectivity index is 0.000000490. The first-order valence-electron chi connectivity index (χ1n) is 2.03. The molecular formula is C5H5NOZn. The largest absolute Gasteiger partial charge is 0.329 e. The first-order chi connectivity index (χ1) is 3.39. The molecular weight excluding hydrogens is 155 g/mol. The quantitative estimate of drug-likeness (QED) is 0.547. The van der Waals surface area contributed by atoms with E-state index in [1.807, 2.05) is 0 Å². The predicted molar refractivity (Wildman–Crippen MR) is 27.1 cm³/mol. The Morgan fingerprint density at radius 3 is 2.38 bits per heavy atom. The maximum atomic E-state index is 10.2. The zero-order valence-corrected chi connectivity index (χ0v) is 7.39. The minimum Gasteiger partial charge on any atom is -0.329 e. The fourth-order valence-corrected chi connectivity index (χ4v) is 0.377. The fraction of sp³-hybridized carbons (Fsp3) is 0. The van der Waals surface area contributed by atoms with Gasteiger partial charge in [0.05, 0.1) is 0 Å². The van der Waals surface area contributed by atoms with Gasteiger partial charge in [-0.05, 0) is 6.07 Å². The molecule has 0 atom stereocenters. The smallest absolute Gasteiger partial charge is 0.247 e. The van der Waals surface area contributed by atoms with Gasteiger partial charge >= 0.3 is 0 Å². The summed E-state index contributed by atoms with van der Waals surface area (Å²) in [7, 11) is 0. The molecule has 0 amide bonds. The Morgan fingerprint density at radius 2 is 2.12 bits per heavy atom. The first-order valence-corrected chi connectivity index (χ1v) is 2.03. The van der Waals surface area contributed by atoms with Crippen LogP contribution in [0.2, 0.25) is 0 Å². The van der Waals surface area contributed by atoms with Gasteiger partial charge in [0.25, 0.3) is 0 Å². The van der Waals surface area contributed by atoms with Gasteiger partial charge in [-0.1, -0.05) is 6.07 Å². The van der Waals surface area contributed by atoms with Crippen LogP contribution in [-0.4, -0.2) is 4.98 Å². The van der Waals surface area contributed by atoms with E-state index < -0.39 is 0 Å². The summed E-state index contributed by atoms with van der Waals surface area (Å²) < 4.78 is 0.